The molecular weight excluding hydrogens is 274 g/mol. The molecule has 4 rings (SSSR count). The molecule has 3 heterocycles. The van der Waals surface area contributed by atoms with Crippen LogP contribution in [-0.2, 0) is 11.3 Å². The minimum Gasteiger partial charge on any atom is -0.370 e. The van der Waals surface area contributed by atoms with Crippen LogP contribution in [-0.4, -0.2) is 50.4 Å². The molecule has 2 aromatic rings. The smallest absolute Gasteiger partial charge is 0.105 e. The Labute approximate surface area is 132 Å². The first-order valence-corrected chi connectivity index (χ1v) is 8.71. The molecule has 2 aliphatic rings. The number of hydrogen-bond donors (Lipinski definition) is 3. The normalized spacial score (nSPS) is 27.3. The number of hydrogen-bond acceptors (Lipinski definition) is 1. The minimum absolute atomic E-state index is 0.871. The number of H-pyrrole nitrogens is 1. The number of rotatable bonds is 3. The number of aromatic nitrogens is 1. The van der Waals surface area contributed by atoms with E-state index in [0.717, 1.165) is 25.8 Å². The maximum atomic E-state index is 5.49. The molecule has 1 aromatic carbocycles. The molecule has 2 aliphatic heterocycles. The number of nitrogens with one attached hydrogen (secondary N) is 3. The number of fused-ring (bicyclic) bond motifs is 1. The fourth-order valence-corrected chi connectivity index (χ4v) is 4.20. The zero-order valence-corrected chi connectivity index (χ0v) is 13.2. The number of benzene rings is 1. The number of ether oxygens (including phenoxy) is 1. The quantitative estimate of drug-likeness (QED) is 0.710. The molecule has 4 nitrogen and oxygen atoms in total. The van der Waals surface area contributed by atoms with Crippen LogP contribution >= 0.6 is 0 Å². The van der Waals surface area contributed by atoms with Crippen molar-refractivity contribution in [2.24, 2.45) is 0 Å². The van der Waals surface area contributed by atoms with E-state index in [1.54, 1.807) is 9.80 Å². The summed E-state index contributed by atoms with van der Waals surface area (Å²) >= 11 is 0. The summed E-state index contributed by atoms with van der Waals surface area (Å²) in [5, 5.41) is 1.40. The third kappa shape index (κ3) is 2.91. The molecule has 2 fully saturated rings. The Hall–Kier alpha value is -1.36. The van der Waals surface area contributed by atoms with Crippen molar-refractivity contribution in [3.63, 3.8) is 0 Å². The van der Waals surface area contributed by atoms with Crippen LogP contribution in [0, 0.1) is 0 Å². The van der Waals surface area contributed by atoms with Gasteiger partial charge < -0.3 is 19.5 Å². The van der Waals surface area contributed by atoms with Gasteiger partial charge in [-0.05, 0) is 6.07 Å². The van der Waals surface area contributed by atoms with Gasteiger partial charge in [-0.15, -0.1) is 0 Å². The molecule has 4 heteroatoms. The molecule has 0 amide bonds. The van der Waals surface area contributed by atoms with Gasteiger partial charge in [0, 0.05) is 35.5 Å². The molecule has 0 atom stereocenters. The molecule has 2 saturated heterocycles. The molecule has 3 N–H and O–H groups in total. The van der Waals surface area contributed by atoms with E-state index in [0.29, 0.717) is 0 Å². The van der Waals surface area contributed by atoms with E-state index in [1.165, 1.54) is 55.5 Å². The van der Waals surface area contributed by atoms with Crippen molar-refractivity contribution in [1.82, 2.24) is 4.98 Å². The Morgan fingerprint density at radius 3 is 2.64 bits per heavy atom. The van der Waals surface area contributed by atoms with Gasteiger partial charge in [-0.2, -0.15) is 0 Å². The number of para-hydroxylation sites is 1. The highest BCUT2D eigenvalue weighted by atomic mass is 16.5. The Balaban J connectivity index is 1.35. The fraction of sp³-hybridized carbons (Fsp3) is 0.556. The number of likely N-dealkylation sites (tertiary alicyclic amines) is 1. The van der Waals surface area contributed by atoms with Crippen molar-refractivity contribution in [2.75, 3.05) is 39.4 Å². The fourth-order valence-electron chi connectivity index (χ4n) is 4.20. The average Bonchev–Trinajstić information content (AvgIpc) is 3.00. The van der Waals surface area contributed by atoms with Crippen LogP contribution in [0.4, 0.5) is 0 Å². The van der Waals surface area contributed by atoms with E-state index in [4.69, 9.17) is 4.74 Å². The number of aromatic amines is 1. The third-order valence-electron chi connectivity index (χ3n) is 5.52. The predicted molar refractivity (Wildman–Crippen MR) is 87.2 cm³/mol. The van der Waals surface area contributed by atoms with Gasteiger partial charge in [0.05, 0.1) is 32.3 Å². The molecule has 0 aliphatic carbocycles. The maximum absolute atomic E-state index is 5.49. The lowest BCUT2D eigenvalue weighted by atomic mass is 10.0. The summed E-state index contributed by atoms with van der Waals surface area (Å²) in [6.07, 6.45) is 4.94. The van der Waals surface area contributed by atoms with Gasteiger partial charge in [-0.25, -0.2) is 0 Å². The van der Waals surface area contributed by atoms with Crippen LogP contribution in [0.1, 0.15) is 18.4 Å². The topological polar surface area (TPSA) is 33.9 Å². The van der Waals surface area contributed by atoms with Gasteiger partial charge in [0.2, 0.25) is 0 Å². The van der Waals surface area contributed by atoms with Crippen molar-refractivity contribution in [1.29, 1.82) is 0 Å². The van der Waals surface area contributed by atoms with Crippen LogP contribution < -0.4 is 9.80 Å². The molecular formula is C18H27N3O+2. The van der Waals surface area contributed by atoms with Crippen LogP contribution in [0.15, 0.2) is 30.5 Å². The Morgan fingerprint density at radius 2 is 1.82 bits per heavy atom. The second-order valence-electron chi connectivity index (χ2n) is 6.83. The summed E-state index contributed by atoms with van der Waals surface area (Å²) in [5.41, 5.74) is 2.74. The Morgan fingerprint density at radius 1 is 1.05 bits per heavy atom. The second-order valence-corrected chi connectivity index (χ2v) is 6.83. The largest absolute Gasteiger partial charge is 0.370 e. The standard InChI is InChI=1S/C18H25N3O/c1-2-4-18-17(3-1)15(13-19-18)14-20-7-5-16(6-8-20)21-9-11-22-12-10-21/h1-4,13,16,19H,5-12,14H2/p+2. The zero-order valence-electron chi connectivity index (χ0n) is 13.2. The summed E-state index contributed by atoms with van der Waals surface area (Å²) in [6.45, 7) is 8.12. The number of quaternary nitrogens is 2. The summed E-state index contributed by atoms with van der Waals surface area (Å²) in [7, 11) is 0. The van der Waals surface area contributed by atoms with Crippen molar-refractivity contribution in [2.45, 2.75) is 25.4 Å². The van der Waals surface area contributed by atoms with Gasteiger partial charge in [0.1, 0.15) is 19.6 Å². The minimum atomic E-state index is 0.871. The summed E-state index contributed by atoms with van der Waals surface area (Å²) in [5.74, 6) is 0. The Kier molecular flexibility index (Phi) is 4.15. The first-order chi connectivity index (χ1) is 10.9. The van der Waals surface area contributed by atoms with E-state index in [-0.39, 0.29) is 0 Å². The highest BCUT2D eigenvalue weighted by molar-refractivity contribution is 5.82. The first-order valence-electron chi connectivity index (χ1n) is 8.71. The number of piperidine rings is 1. The molecule has 118 valence electrons. The highest BCUT2D eigenvalue weighted by Gasteiger charge is 2.31. The lowest BCUT2D eigenvalue weighted by Crippen LogP contribution is -3.21. The molecule has 0 radical (unpaired) electrons. The van der Waals surface area contributed by atoms with Crippen LogP contribution in [0.3, 0.4) is 0 Å². The van der Waals surface area contributed by atoms with Gasteiger partial charge in [0.25, 0.3) is 0 Å². The van der Waals surface area contributed by atoms with Gasteiger partial charge in [-0.3, -0.25) is 0 Å². The molecule has 0 saturated carbocycles. The molecule has 0 unspecified atom stereocenters. The molecule has 22 heavy (non-hydrogen) atoms. The first kappa shape index (κ1) is 14.2. The highest BCUT2D eigenvalue weighted by Crippen LogP contribution is 2.16. The predicted octanol–water partition coefficient (Wildman–Crippen LogP) is -0.370. The monoisotopic (exact) mass is 301 g/mol. The van der Waals surface area contributed by atoms with Gasteiger partial charge in [-0.1, -0.05) is 18.2 Å². The van der Waals surface area contributed by atoms with Crippen molar-refractivity contribution < 1.29 is 14.5 Å². The SMILES string of the molecule is c1ccc2c(C[NH+]3CCC([NH+]4CCOCC4)CC3)c[nH]c2c1. The number of morpholine rings is 1. The maximum Gasteiger partial charge on any atom is 0.105 e. The van der Waals surface area contributed by atoms with E-state index in [9.17, 15) is 0 Å². The average molecular weight is 301 g/mol. The van der Waals surface area contributed by atoms with Crippen molar-refractivity contribution in [3.8, 4) is 0 Å². The molecule has 1 aromatic heterocycles. The van der Waals surface area contributed by atoms with Crippen LogP contribution in [0.5, 0.6) is 0 Å². The van der Waals surface area contributed by atoms with E-state index < -0.39 is 0 Å². The lowest BCUT2D eigenvalue weighted by Gasteiger charge is -2.36. The summed E-state index contributed by atoms with van der Waals surface area (Å²) < 4.78 is 5.49. The zero-order chi connectivity index (χ0) is 14.8. The molecule has 0 bridgehead atoms. The summed E-state index contributed by atoms with van der Waals surface area (Å²) in [4.78, 5) is 6.94. The molecule has 0 spiro atoms. The van der Waals surface area contributed by atoms with Crippen LogP contribution in [0.2, 0.25) is 0 Å². The van der Waals surface area contributed by atoms with E-state index >= 15 is 0 Å². The van der Waals surface area contributed by atoms with Crippen LogP contribution in [0.25, 0.3) is 10.9 Å². The Bertz CT molecular complexity index is 610. The summed E-state index contributed by atoms with van der Waals surface area (Å²) in [6, 6.07) is 9.53. The van der Waals surface area contributed by atoms with Crippen molar-refractivity contribution in [3.05, 3.63) is 36.0 Å². The second kappa shape index (κ2) is 6.41. The lowest BCUT2D eigenvalue weighted by molar-refractivity contribution is -0.967. The van der Waals surface area contributed by atoms with Crippen molar-refractivity contribution >= 4 is 10.9 Å². The van der Waals surface area contributed by atoms with E-state index in [2.05, 4.69) is 35.4 Å². The van der Waals surface area contributed by atoms with Gasteiger partial charge in [0.15, 0.2) is 0 Å². The van der Waals surface area contributed by atoms with Gasteiger partial charge >= 0.3 is 0 Å². The van der Waals surface area contributed by atoms with E-state index in [1.807, 2.05) is 0 Å². The third-order valence-corrected chi connectivity index (χ3v) is 5.52.